The van der Waals surface area contributed by atoms with E-state index in [-0.39, 0.29) is 11.7 Å². The van der Waals surface area contributed by atoms with E-state index in [1.165, 1.54) is 0 Å². The summed E-state index contributed by atoms with van der Waals surface area (Å²) in [5.74, 6) is 6.43. The van der Waals surface area contributed by atoms with Crippen molar-refractivity contribution in [1.29, 1.82) is 0 Å². The highest BCUT2D eigenvalue weighted by molar-refractivity contribution is 5.91. The van der Waals surface area contributed by atoms with Crippen LogP contribution in [0, 0.1) is 11.8 Å². The number of amides is 1. The highest BCUT2D eigenvalue weighted by Crippen LogP contribution is 2.07. The van der Waals surface area contributed by atoms with Crippen molar-refractivity contribution in [2.75, 3.05) is 6.54 Å². The Labute approximate surface area is 140 Å². The minimum absolute atomic E-state index is 0.228. The molecule has 0 fully saturated rings. The smallest absolute Gasteiger partial charge is 0.287 e. The number of carbonyl (C=O) groups excluding carboxylic acids is 1. The van der Waals surface area contributed by atoms with Gasteiger partial charge in [0.2, 0.25) is 0 Å². The summed E-state index contributed by atoms with van der Waals surface area (Å²) >= 11 is 0. The molecule has 0 spiro atoms. The van der Waals surface area contributed by atoms with Crippen LogP contribution >= 0.6 is 0 Å². The third-order valence-corrected chi connectivity index (χ3v) is 3.37. The summed E-state index contributed by atoms with van der Waals surface area (Å²) in [6.07, 6.45) is 6.21. The Bertz CT molecular complexity index is 840. The molecule has 2 aromatic heterocycles. The van der Waals surface area contributed by atoms with Crippen molar-refractivity contribution in [3.05, 3.63) is 78.3 Å². The summed E-state index contributed by atoms with van der Waals surface area (Å²) in [5, 5.41) is 2.83. The second-order valence-electron chi connectivity index (χ2n) is 5.19. The normalized spacial score (nSPS) is 10.0. The van der Waals surface area contributed by atoms with E-state index in [2.05, 4.69) is 22.1 Å². The van der Waals surface area contributed by atoms with Crippen LogP contribution in [0.2, 0.25) is 0 Å². The molecule has 2 heterocycles. The van der Waals surface area contributed by atoms with Crippen LogP contribution in [0.25, 0.3) is 0 Å². The van der Waals surface area contributed by atoms with E-state index in [0.29, 0.717) is 12.3 Å². The molecule has 0 unspecified atom stereocenters. The first-order chi connectivity index (χ1) is 11.8. The van der Waals surface area contributed by atoms with Crippen molar-refractivity contribution in [1.82, 2.24) is 14.9 Å². The van der Waals surface area contributed by atoms with Crippen LogP contribution in [0.3, 0.4) is 0 Å². The summed E-state index contributed by atoms with van der Waals surface area (Å²) in [5.41, 5.74) is 0.902. The number of aryl methyl sites for hydroxylation is 1. The second-order valence-corrected chi connectivity index (χ2v) is 5.19. The number of rotatable bonds is 5. The number of hydrogen-bond donors (Lipinski definition) is 1. The van der Waals surface area contributed by atoms with E-state index in [9.17, 15) is 4.79 Å². The van der Waals surface area contributed by atoms with Crippen LogP contribution in [0.1, 0.15) is 28.3 Å². The van der Waals surface area contributed by atoms with Gasteiger partial charge in [-0.05, 0) is 36.6 Å². The monoisotopic (exact) mass is 319 g/mol. The highest BCUT2D eigenvalue weighted by atomic mass is 16.3. The van der Waals surface area contributed by atoms with Crippen molar-refractivity contribution in [2.45, 2.75) is 13.0 Å². The zero-order valence-electron chi connectivity index (χ0n) is 13.1. The predicted molar refractivity (Wildman–Crippen MR) is 90.3 cm³/mol. The molecule has 3 rings (SSSR count). The molecule has 0 radical (unpaired) electrons. The summed E-state index contributed by atoms with van der Waals surface area (Å²) in [6.45, 7) is 1.38. The van der Waals surface area contributed by atoms with Gasteiger partial charge in [0.05, 0.1) is 6.33 Å². The van der Waals surface area contributed by atoms with Crippen LogP contribution in [0.5, 0.6) is 0 Å². The first-order valence-corrected chi connectivity index (χ1v) is 7.72. The van der Waals surface area contributed by atoms with E-state index < -0.39 is 0 Å². The fraction of sp³-hybridized carbons (Fsp3) is 0.158. The van der Waals surface area contributed by atoms with Gasteiger partial charge in [0.15, 0.2) is 11.5 Å². The maximum atomic E-state index is 12.0. The van der Waals surface area contributed by atoms with Gasteiger partial charge in [-0.15, -0.1) is 0 Å². The van der Waals surface area contributed by atoms with Gasteiger partial charge < -0.3 is 14.3 Å². The quantitative estimate of drug-likeness (QED) is 0.581. The minimum Gasteiger partial charge on any atom is -0.443 e. The Kier molecular flexibility index (Phi) is 5.10. The predicted octanol–water partition coefficient (Wildman–Crippen LogP) is 2.70. The van der Waals surface area contributed by atoms with E-state index in [0.717, 1.165) is 18.5 Å². The minimum atomic E-state index is -0.228. The zero-order chi connectivity index (χ0) is 16.6. The van der Waals surface area contributed by atoms with Gasteiger partial charge in [0, 0.05) is 31.0 Å². The second kappa shape index (κ2) is 7.84. The van der Waals surface area contributed by atoms with Crippen LogP contribution in [-0.2, 0) is 6.54 Å². The lowest BCUT2D eigenvalue weighted by molar-refractivity contribution is 0.0924. The van der Waals surface area contributed by atoms with Crippen molar-refractivity contribution in [3.8, 4) is 11.8 Å². The third-order valence-electron chi connectivity index (χ3n) is 3.37. The number of aromatic nitrogens is 2. The van der Waals surface area contributed by atoms with Gasteiger partial charge in [-0.3, -0.25) is 4.79 Å². The Balaban J connectivity index is 1.49. The van der Waals surface area contributed by atoms with E-state index >= 15 is 0 Å². The van der Waals surface area contributed by atoms with Gasteiger partial charge in [0.1, 0.15) is 0 Å². The Morgan fingerprint density at radius 3 is 2.83 bits per heavy atom. The molecule has 1 aromatic carbocycles. The number of carbonyl (C=O) groups is 1. The zero-order valence-corrected chi connectivity index (χ0v) is 13.1. The molecule has 0 aliphatic heterocycles. The van der Waals surface area contributed by atoms with Crippen LogP contribution in [-0.4, -0.2) is 22.0 Å². The van der Waals surface area contributed by atoms with Gasteiger partial charge in [-0.1, -0.05) is 24.1 Å². The van der Waals surface area contributed by atoms with Gasteiger partial charge >= 0.3 is 0 Å². The van der Waals surface area contributed by atoms with Crippen molar-refractivity contribution >= 4 is 5.91 Å². The van der Waals surface area contributed by atoms with Crippen molar-refractivity contribution in [2.24, 2.45) is 0 Å². The molecule has 5 heteroatoms. The molecule has 120 valence electrons. The van der Waals surface area contributed by atoms with Crippen LogP contribution < -0.4 is 5.32 Å². The van der Waals surface area contributed by atoms with Gasteiger partial charge in [0.25, 0.3) is 5.91 Å². The lowest BCUT2D eigenvalue weighted by Crippen LogP contribution is -2.24. The number of nitrogens with one attached hydrogen (secondary N) is 1. The van der Waals surface area contributed by atoms with E-state index in [1.54, 1.807) is 24.7 Å². The fourth-order valence-corrected chi connectivity index (χ4v) is 2.15. The molecule has 0 aliphatic carbocycles. The molecule has 0 saturated heterocycles. The topological polar surface area (TPSA) is 60.1 Å². The molecule has 1 amide bonds. The Hall–Kier alpha value is -3.26. The Morgan fingerprint density at radius 1 is 1.17 bits per heavy atom. The maximum Gasteiger partial charge on any atom is 0.287 e. The third kappa shape index (κ3) is 4.37. The summed E-state index contributed by atoms with van der Waals surface area (Å²) in [4.78, 5) is 16.0. The van der Waals surface area contributed by atoms with E-state index in [4.69, 9.17) is 4.42 Å². The molecule has 24 heavy (non-hydrogen) atoms. The Morgan fingerprint density at radius 2 is 2.04 bits per heavy atom. The summed E-state index contributed by atoms with van der Waals surface area (Å²) in [7, 11) is 0. The molecule has 3 aromatic rings. The summed E-state index contributed by atoms with van der Waals surface area (Å²) < 4.78 is 7.44. The van der Waals surface area contributed by atoms with Gasteiger partial charge in [-0.2, -0.15) is 0 Å². The number of furan rings is 1. The molecule has 0 atom stereocenters. The molecule has 0 bridgehead atoms. The molecule has 0 aliphatic rings. The molecule has 1 N–H and O–H groups in total. The van der Waals surface area contributed by atoms with Crippen molar-refractivity contribution < 1.29 is 9.21 Å². The molecular weight excluding hydrogens is 302 g/mol. The SMILES string of the molecule is O=C(NCCCn1ccnc1)c1ccc(C#Cc2ccccc2)o1. The largest absolute Gasteiger partial charge is 0.443 e. The molecule has 5 nitrogen and oxygen atoms in total. The standard InChI is InChI=1S/C19H17N3O2/c23-19(21-11-4-13-22-14-12-20-15-22)18-10-9-17(24-18)8-7-16-5-2-1-3-6-16/h1-3,5-6,9-10,12,14-15H,4,11,13H2,(H,21,23). The van der Waals surface area contributed by atoms with Crippen LogP contribution in [0.15, 0.2) is 65.6 Å². The summed E-state index contributed by atoms with van der Waals surface area (Å²) in [6, 6.07) is 13.0. The molecular formula is C19H17N3O2. The van der Waals surface area contributed by atoms with Crippen LogP contribution in [0.4, 0.5) is 0 Å². The lowest BCUT2D eigenvalue weighted by atomic mass is 10.2. The number of imidazole rings is 1. The van der Waals surface area contributed by atoms with Crippen molar-refractivity contribution in [3.63, 3.8) is 0 Å². The average molecular weight is 319 g/mol. The lowest BCUT2D eigenvalue weighted by Gasteiger charge is -2.03. The number of benzene rings is 1. The maximum absolute atomic E-state index is 12.0. The first-order valence-electron chi connectivity index (χ1n) is 7.72. The number of nitrogens with zero attached hydrogens (tertiary/aromatic N) is 2. The molecule has 0 saturated carbocycles. The highest BCUT2D eigenvalue weighted by Gasteiger charge is 2.09. The fourth-order valence-electron chi connectivity index (χ4n) is 2.15. The van der Waals surface area contributed by atoms with E-state index in [1.807, 2.05) is 41.1 Å². The number of hydrogen-bond acceptors (Lipinski definition) is 3. The van der Waals surface area contributed by atoms with Gasteiger partial charge in [-0.25, -0.2) is 4.98 Å². The average Bonchev–Trinajstić information content (AvgIpc) is 3.29. The first kappa shape index (κ1) is 15.6.